The first-order chi connectivity index (χ1) is 14.3. The first-order valence-corrected chi connectivity index (χ1v) is 11.0. The second-order valence-corrected chi connectivity index (χ2v) is 8.60. The van der Waals surface area contributed by atoms with Crippen LogP contribution in [0.5, 0.6) is 5.75 Å². The van der Waals surface area contributed by atoms with Crippen LogP contribution in [0, 0.1) is 0 Å². The van der Waals surface area contributed by atoms with Gasteiger partial charge in [0.2, 0.25) is 5.12 Å². The average molecular weight is 418 g/mol. The molecule has 3 nitrogen and oxygen atoms in total. The molecule has 1 aliphatic rings. The van der Waals surface area contributed by atoms with Crippen LogP contribution in [0.4, 0.5) is 0 Å². The van der Waals surface area contributed by atoms with E-state index in [1.807, 2.05) is 78.9 Å². The Morgan fingerprint density at radius 1 is 0.862 bits per heavy atom. The highest BCUT2D eigenvalue weighted by molar-refractivity contribution is 8.45. The Balaban J connectivity index is 1.36. The molecule has 0 saturated heterocycles. The lowest BCUT2D eigenvalue weighted by Gasteiger charge is -2.06. The number of ether oxygens (including phenoxy) is 1. The number of aliphatic imine (C=N–C) groups is 1. The molecule has 0 aromatic heterocycles. The van der Waals surface area contributed by atoms with Gasteiger partial charge in [-0.3, -0.25) is 4.79 Å². The van der Waals surface area contributed by atoms with Crippen LogP contribution < -0.4 is 4.74 Å². The Hall–Kier alpha value is -2.76. The van der Waals surface area contributed by atoms with Crippen LogP contribution in [0.25, 0.3) is 6.08 Å². The number of carbonyl (C=O) groups is 1. The molecule has 0 spiro atoms. The molecule has 4 rings (SSSR count). The topological polar surface area (TPSA) is 38.7 Å². The van der Waals surface area contributed by atoms with Gasteiger partial charge in [-0.15, -0.1) is 0 Å². The van der Waals surface area contributed by atoms with Gasteiger partial charge in [0.25, 0.3) is 0 Å². The maximum atomic E-state index is 12.3. The van der Waals surface area contributed by atoms with E-state index in [9.17, 15) is 4.79 Å². The third-order valence-electron chi connectivity index (χ3n) is 4.24. The largest absolute Gasteiger partial charge is 0.489 e. The minimum absolute atomic E-state index is 0.00929. The van der Waals surface area contributed by atoms with Crippen LogP contribution in [0.2, 0.25) is 0 Å². The summed E-state index contributed by atoms with van der Waals surface area (Å²) >= 11 is 2.80. The van der Waals surface area contributed by atoms with Crippen LogP contribution >= 0.6 is 23.5 Å². The van der Waals surface area contributed by atoms with Crippen molar-refractivity contribution in [2.45, 2.75) is 12.4 Å². The summed E-state index contributed by atoms with van der Waals surface area (Å²) in [4.78, 5) is 16.8. The number of hydrogen-bond acceptors (Lipinski definition) is 5. The lowest BCUT2D eigenvalue weighted by molar-refractivity contribution is -0.107. The highest BCUT2D eigenvalue weighted by Crippen LogP contribution is 2.32. The van der Waals surface area contributed by atoms with Crippen molar-refractivity contribution in [1.29, 1.82) is 0 Å². The van der Waals surface area contributed by atoms with Crippen molar-refractivity contribution in [2.24, 2.45) is 4.99 Å². The van der Waals surface area contributed by atoms with E-state index in [2.05, 4.69) is 17.1 Å². The van der Waals surface area contributed by atoms with E-state index >= 15 is 0 Å². The minimum Gasteiger partial charge on any atom is -0.489 e. The third kappa shape index (κ3) is 5.62. The number of carbonyl (C=O) groups excluding carboxylic acids is 1. The SMILES string of the molecule is O=C1SC(SCc2ccccc2)=N/C1=C\c1ccc(OCc2ccccc2)cc1. The predicted octanol–water partition coefficient (Wildman–Crippen LogP) is 6.17. The zero-order valence-corrected chi connectivity index (χ0v) is 17.3. The van der Waals surface area contributed by atoms with Gasteiger partial charge in [0.05, 0.1) is 0 Å². The quantitative estimate of drug-likeness (QED) is 0.450. The highest BCUT2D eigenvalue weighted by atomic mass is 32.2. The molecule has 0 saturated carbocycles. The molecule has 0 N–H and O–H groups in total. The Kier molecular flexibility index (Phi) is 6.49. The summed E-state index contributed by atoms with van der Waals surface area (Å²) in [5.41, 5.74) is 3.77. The fourth-order valence-electron chi connectivity index (χ4n) is 2.73. The number of hydrogen-bond donors (Lipinski definition) is 0. The van der Waals surface area contributed by atoms with Crippen LogP contribution in [-0.4, -0.2) is 9.49 Å². The summed E-state index contributed by atoms with van der Waals surface area (Å²) in [7, 11) is 0. The third-order valence-corrected chi connectivity index (χ3v) is 6.32. The summed E-state index contributed by atoms with van der Waals surface area (Å²) in [6.45, 7) is 0.530. The second kappa shape index (κ2) is 9.63. The predicted molar refractivity (Wildman–Crippen MR) is 123 cm³/mol. The Labute approximate surface area is 178 Å². The molecule has 3 aromatic carbocycles. The summed E-state index contributed by atoms with van der Waals surface area (Å²) in [5, 5.41) is -0.00929. The van der Waals surface area contributed by atoms with Gasteiger partial charge in [0, 0.05) is 5.75 Å². The van der Waals surface area contributed by atoms with E-state index in [1.165, 1.54) is 17.3 Å². The van der Waals surface area contributed by atoms with E-state index in [-0.39, 0.29) is 5.12 Å². The molecule has 144 valence electrons. The molecule has 5 heteroatoms. The van der Waals surface area contributed by atoms with Crippen molar-refractivity contribution in [1.82, 2.24) is 0 Å². The summed E-state index contributed by atoms with van der Waals surface area (Å²) in [6, 6.07) is 27.9. The summed E-state index contributed by atoms with van der Waals surface area (Å²) in [5.74, 6) is 1.60. The number of rotatable bonds is 6. The molecule has 0 atom stereocenters. The average Bonchev–Trinajstić information content (AvgIpc) is 3.12. The van der Waals surface area contributed by atoms with Crippen molar-refractivity contribution in [2.75, 3.05) is 0 Å². The first kappa shape index (κ1) is 19.6. The molecule has 1 aliphatic heterocycles. The maximum Gasteiger partial charge on any atom is 0.244 e. The minimum atomic E-state index is -0.00929. The molecule has 0 aliphatic carbocycles. The molecule has 0 unspecified atom stereocenters. The van der Waals surface area contributed by atoms with Gasteiger partial charge in [-0.05, 0) is 46.7 Å². The van der Waals surface area contributed by atoms with Crippen molar-refractivity contribution in [3.05, 3.63) is 107 Å². The molecule has 3 aromatic rings. The van der Waals surface area contributed by atoms with Gasteiger partial charge in [-0.25, -0.2) is 4.99 Å². The molecule has 0 bridgehead atoms. The molecule has 1 heterocycles. The highest BCUT2D eigenvalue weighted by Gasteiger charge is 2.22. The van der Waals surface area contributed by atoms with E-state index in [0.717, 1.165) is 27.0 Å². The Bertz CT molecular complexity index is 1030. The van der Waals surface area contributed by atoms with E-state index < -0.39 is 0 Å². The van der Waals surface area contributed by atoms with E-state index in [0.29, 0.717) is 12.3 Å². The van der Waals surface area contributed by atoms with Crippen LogP contribution in [0.15, 0.2) is 95.6 Å². The molecule has 29 heavy (non-hydrogen) atoms. The molecular weight excluding hydrogens is 398 g/mol. The lowest BCUT2D eigenvalue weighted by Crippen LogP contribution is -1.94. The first-order valence-electron chi connectivity index (χ1n) is 9.22. The van der Waals surface area contributed by atoms with Crippen molar-refractivity contribution in [3.63, 3.8) is 0 Å². The maximum absolute atomic E-state index is 12.3. The molecule has 0 radical (unpaired) electrons. The number of thioether (sulfide) groups is 2. The summed E-state index contributed by atoms with van der Waals surface area (Å²) in [6.07, 6.45) is 1.83. The Morgan fingerprint density at radius 2 is 1.52 bits per heavy atom. The second-order valence-electron chi connectivity index (χ2n) is 6.41. The van der Waals surface area contributed by atoms with E-state index in [4.69, 9.17) is 4.74 Å². The van der Waals surface area contributed by atoms with Gasteiger partial charge < -0.3 is 4.74 Å². The standard InChI is InChI=1S/C24H19NO2S2/c26-23-22(25-24(29-23)28-17-20-9-5-2-6-10-20)15-18-11-13-21(14-12-18)27-16-19-7-3-1-4-8-19/h1-15H,16-17H2/b22-15-. The van der Waals surface area contributed by atoms with Gasteiger partial charge >= 0.3 is 0 Å². The monoisotopic (exact) mass is 417 g/mol. The van der Waals surface area contributed by atoms with Crippen LogP contribution in [0.3, 0.4) is 0 Å². The van der Waals surface area contributed by atoms with Crippen molar-refractivity contribution in [3.8, 4) is 5.75 Å². The van der Waals surface area contributed by atoms with Crippen LogP contribution in [0.1, 0.15) is 16.7 Å². The lowest BCUT2D eigenvalue weighted by atomic mass is 10.2. The smallest absolute Gasteiger partial charge is 0.244 e. The van der Waals surface area contributed by atoms with E-state index in [1.54, 1.807) is 11.8 Å². The van der Waals surface area contributed by atoms with Gasteiger partial charge in [0.1, 0.15) is 22.4 Å². The zero-order valence-electron chi connectivity index (χ0n) is 15.7. The van der Waals surface area contributed by atoms with Crippen LogP contribution in [-0.2, 0) is 17.2 Å². The van der Waals surface area contributed by atoms with Crippen molar-refractivity contribution >= 4 is 39.1 Å². The fourth-order valence-corrected chi connectivity index (χ4v) is 4.53. The summed E-state index contributed by atoms with van der Waals surface area (Å²) < 4.78 is 6.61. The van der Waals surface area contributed by atoms with Gasteiger partial charge in [0.15, 0.2) is 0 Å². The Morgan fingerprint density at radius 3 is 2.21 bits per heavy atom. The molecule has 0 amide bonds. The molecule has 0 fully saturated rings. The van der Waals surface area contributed by atoms with Gasteiger partial charge in [-0.1, -0.05) is 84.6 Å². The zero-order chi connectivity index (χ0) is 19.9. The van der Waals surface area contributed by atoms with Gasteiger partial charge in [-0.2, -0.15) is 0 Å². The van der Waals surface area contributed by atoms with Crippen molar-refractivity contribution < 1.29 is 9.53 Å². The normalized spacial score (nSPS) is 14.8. The fraction of sp³-hybridized carbons (Fsp3) is 0.0833. The number of nitrogens with zero attached hydrogens (tertiary/aromatic N) is 1. The number of benzene rings is 3. The molecular formula is C24H19NO2S2.